The number of amides is 1. The zero-order valence-electron chi connectivity index (χ0n) is 16.1. The minimum absolute atomic E-state index is 0.0867. The summed E-state index contributed by atoms with van der Waals surface area (Å²) in [6.07, 6.45) is 5.28. The normalized spacial score (nSPS) is 21.2. The first-order valence-corrected chi connectivity index (χ1v) is 9.05. The van der Waals surface area contributed by atoms with Gasteiger partial charge in [-0.25, -0.2) is 0 Å². The molecule has 2 N–H and O–H groups in total. The number of aromatic nitrogens is 1. The van der Waals surface area contributed by atoms with Gasteiger partial charge in [-0.05, 0) is 71.9 Å². The fourth-order valence-electron chi connectivity index (χ4n) is 4.35. The van der Waals surface area contributed by atoms with Crippen molar-refractivity contribution in [1.29, 1.82) is 0 Å². The minimum atomic E-state index is 0.0867. The van der Waals surface area contributed by atoms with Gasteiger partial charge in [0.05, 0.1) is 0 Å². The summed E-state index contributed by atoms with van der Waals surface area (Å²) in [7, 11) is 0. The highest BCUT2D eigenvalue weighted by molar-refractivity contribution is 5.76. The molecule has 0 radical (unpaired) electrons. The zero-order valence-corrected chi connectivity index (χ0v) is 16.1. The Morgan fingerprint density at radius 2 is 1.96 bits per heavy atom. The van der Waals surface area contributed by atoms with Gasteiger partial charge >= 0.3 is 0 Å². The number of nitrogens with one attached hydrogen (secondary N) is 2. The molecule has 134 valence electrons. The number of rotatable bonds is 5. The zero-order chi connectivity index (χ0) is 18.0. The number of hydrogen-bond acceptors (Lipinski definition) is 3. The SMILES string of the molecule is Cc1cccnc1C[C@H](C)NC(=O)CC1CC(C)(C)NC(C)(C)C1. The van der Waals surface area contributed by atoms with Crippen LogP contribution in [0.5, 0.6) is 0 Å². The highest BCUT2D eigenvalue weighted by atomic mass is 16.1. The third-order valence-electron chi connectivity index (χ3n) is 4.77. The van der Waals surface area contributed by atoms with Gasteiger partial charge in [0.2, 0.25) is 5.91 Å². The summed E-state index contributed by atoms with van der Waals surface area (Å²) < 4.78 is 0. The molecule has 1 saturated heterocycles. The number of nitrogens with zero attached hydrogens (tertiary/aromatic N) is 1. The lowest BCUT2D eigenvalue weighted by molar-refractivity contribution is -0.123. The standard InChI is InChI=1S/C20H33N3O/c1-14-8-7-9-21-17(14)10-15(2)22-18(24)11-16-12-19(3,4)23-20(5,6)13-16/h7-9,15-16,23H,10-13H2,1-6H3,(H,22,24)/t15-/m0/s1. The van der Waals surface area contributed by atoms with Crippen molar-refractivity contribution >= 4 is 5.91 Å². The van der Waals surface area contributed by atoms with Crippen LogP contribution in [0.2, 0.25) is 0 Å². The second kappa shape index (κ2) is 7.22. The van der Waals surface area contributed by atoms with E-state index in [1.807, 2.05) is 12.3 Å². The Hall–Kier alpha value is -1.42. The Kier molecular flexibility index (Phi) is 5.69. The van der Waals surface area contributed by atoms with E-state index in [-0.39, 0.29) is 23.0 Å². The van der Waals surface area contributed by atoms with Crippen LogP contribution in [0, 0.1) is 12.8 Å². The largest absolute Gasteiger partial charge is 0.353 e. The fraction of sp³-hybridized carbons (Fsp3) is 0.700. The van der Waals surface area contributed by atoms with Crippen molar-refractivity contribution in [3.05, 3.63) is 29.6 Å². The molecule has 0 unspecified atom stereocenters. The van der Waals surface area contributed by atoms with E-state index in [2.05, 4.69) is 63.2 Å². The molecule has 1 aliphatic heterocycles. The van der Waals surface area contributed by atoms with Gasteiger partial charge in [-0.3, -0.25) is 9.78 Å². The van der Waals surface area contributed by atoms with Crippen molar-refractivity contribution < 1.29 is 4.79 Å². The van der Waals surface area contributed by atoms with Gasteiger partial charge in [0.25, 0.3) is 0 Å². The van der Waals surface area contributed by atoms with Crippen molar-refractivity contribution in [2.75, 3.05) is 0 Å². The number of aryl methyl sites for hydroxylation is 1. The van der Waals surface area contributed by atoms with Crippen molar-refractivity contribution in [3.8, 4) is 0 Å². The lowest BCUT2D eigenvalue weighted by atomic mass is 9.74. The van der Waals surface area contributed by atoms with Crippen molar-refractivity contribution in [2.45, 2.75) is 84.3 Å². The van der Waals surface area contributed by atoms with Gasteiger partial charge in [0.1, 0.15) is 0 Å². The summed E-state index contributed by atoms with van der Waals surface area (Å²) in [5.74, 6) is 0.592. The topological polar surface area (TPSA) is 54.0 Å². The monoisotopic (exact) mass is 331 g/mol. The van der Waals surface area contributed by atoms with Crippen LogP contribution in [0.25, 0.3) is 0 Å². The number of hydrogen-bond donors (Lipinski definition) is 2. The molecule has 1 aromatic rings. The van der Waals surface area contributed by atoms with Crippen molar-refractivity contribution in [3.63, 3.8) is 0 Å². The first-order valence-electron chi connectivity index (χ1n) is 9.05. The molecule has 1 amide bonds. The molecule has 1 fully saturated rings. The van der Waals surface area contributed by atoms with E-state index in [0.29, 0.717) is 12.3 Å². The van der Waals surface area contributed by atoms with E-state index in [0.717, 1.165) is 25.0 Å². The number of pyridine rings is 1. The second-order valence-electron chi connectivity index (χ2n) is 8.81. The van der Waals surface area contributed by atoms with Gasteiger partial charge in [0, 0.05) is 41.9 Å². The van der Waals surface area contributed by atoms with Crippen LogP contribution in [0.1, 0.15) is 65.1 Å². The Morgan fingerprint density at radius 1 is 1.33 bits per heavy atom. The molecule has 1 aliphatic rings. The molecule has 4 heteroatoms. The van der Waals surface area contributed by atoms with Crippen LogP contribution in [-0.4, -0.2) is 28.0 Å². The summed E-state index contributed by atoms with van der Waals surface area (Å²) >= 11 is 0. The average molecular weight is 332 g/mol. The summed E-state index contributed by atoms with van der Waals surface area (Å²) in [5, 5.41) is 6.83. The molecule has 0 saturated carbocycles. The molecule has 1 atom stereocenters. The maximum Gasteiger partial charge on any atom is 0.220 e. The van der Waals surface area contributed by atoms with Gasteiger partial charge < -0.3 is 10.6 Å². The van der Waals surface area contributed by atoms with E-state index in [9.17, 15) is 4.79 Å². The van der Waals surface area contributed by atoms with Crippen LogP contribution in [-0.2, 0) is 11.2 Å². The molecule has 2 heterocycles. The highest BCUT2D eigenvalue weighted by Gasteiger charge is 2.38. The number of carbonyl (C=O) groups is 1. The summed E-state index contributed by atoms with van der Waals surface area (Å²) in [5.41, 5.74) is 2.42. The molecular formula is C20H33N3O. The summed E-state index contributed by atoms with van der Waals surface area (Å²) in [4.78, 5) is 16.9. The molecule has 2 rings (SSSR count). The summed E-state index contributed by atoms with van der Waals surface area (Å²) in [6, 6.07) is 4.12. The summed E-state index contributed by atoms with van der Waals surface area (Å²) in [6.45, 7) is 13.0. The minimum Gasteiger partial charge on any atom is -0.353 e. The van der Waals surface area contributed by atoms with E-state index >= 15 is 0 Å². The highest BCUT2D eigenvalue weighted by Crippen LogP contribution is 2.34. The molecule has 0 aliphatic carbocycles. The van der Waals surface area contributed by atoms with Crippen molar-refractivity contribution in [2.24, 2.45) is 5.92 Å². The van der Waals surface area contributed by atoms with Crippen LogP contribution >= 0.6 is 0 Å². The van der Waals surface area contributed by atoms with Gasteiger partial charge in [0.15, 0.2) is 0 Å². The Bertz CT molecular complexity index is 564. The van der Waals surface area contributed by atoms with Gasteiger partial charge in [-0.1, -0.05) is 6.07 Å². The maximum absolute atomic E-state index is 12.5. The van der Waals surface area contributed by atoms with E-state index in [1.54, 1.807) is 0 Å². The fourth-order valence-corrected chi connectivity index (χ4v) is 4.35. The predicted octanol–water partition coefficient (Wildman–Crippen LogP) is 3.38. The van der Waals surface area contributed by atoms with Gasteiger partial charge in [-0.15, -0.1) is 0 Å². The van der Waals surface area contributed by atoms with Crippen LogP contribution < -0.4 is 10.6 Å². The molecule has 24 heavy (non-hydrogen) atoms. The van der Waals surface area contributed by atoms with Gasteiger partial charge in [-0.2, -0.15) is 0 Å². The predicted molar refractivity (Wildman–Crippen MR) is 98.9 cm³/mol. The van der Waals surface area contributed by atoms with Crippen LogP contribution in [0.3, 0.4) is 0 Å². The lowest BCUT2D eigenvalue weighted by Gasteiger charge is -2.46. The smallest absolute Gasteiger partial charge is 0.220 e. The van der Waals surface area contributed by atoms with E-state index < -0.39 is 0 Å². The third kappa shape index (κ3) is 5.59. The second-order valence-corrected chi connectivity index (χ2v) is 8.81. The first-order chi connectivity index (χ1) is 11.1. The molecule has 4 nitrogen and oxygen atoms in total. The van der Waals surface area contributed by atoms with Crippen molar-refractivity contribution in [1.82, 2.24) is 15.6 Å². The quantitative estimate of drug-likeness (QED) is 0.869. The Labute approximate surface area is 146 Å². The molecule has 0 spiro atoms. The average Bonchev–Trinajstić information content (AvgIpc) is 2.37. The maximum atomic E-state index is 12.5. The van der Waals surface area contributed by atoms with E-state index in [4.69, 9.17) is 0 Å². The number of carbonyl (C=O) groups excluding carboxylic acids is 1. The molecular weight excluding hydrogens is 298 g/mol. The Morgan fingerprint density at radius 3 is 2.54 bits per heavy atom. The first kappa shape index (κ1) is 18.9. The van der Waals surface area contributed by atoms with Crippen LogP contribution in [0.4, 0.5) is 0 Å². The van der Waals surface area contributed by atoms with E-state index in [1.165, 1.54) is 5.56 Å². The Balaban J connectivity index is 1.87. The molecule has 0 aromatic carbocycles. The molecule has 0 bridgehead atoms. The number of piperidine rings is 1. The lowest BCUT2D eigenvalue weighted by Crippen LogP contribution is -2.58. The third-order valence-corrected chi connectivity index (χ3v) is 4.77. The molecule has 1 aromatic heterocycles. The van der Waals surface area contributed by atoms with Crippen LogP contribution in [0.15, 0.2) is 18.3 Å².